The fourth-order valence-electron chi connectivity index (χ4n) is 4.80. The van der Waals surface area contributed by atoms with Gasteiger partial charge in [0.1, 0.15) is 6.10 Å². The summed E-state index contributed by atoms with van der Waals surface area (Å²) in [7, 11) is 0. The highest BCUT2D eigenvalue weighted by Crippen LogP contribution is 2.57. The van der Waals surface area contributed by atoms with Crippen LogP contribution in [0.15, 0.2) is 0 Å². The third-order valence-electron chi connectivity index (χ3n) is 6.22. The van der Waals surface area contributed by atoms with Crippen molar-refractivity contribution in [2.45, 2.75) is 58.3 Å². The average molecular weight is 268 g/mol. The molecule has 1 heterocycles. The first-order valence-corrected chi connectivity index (χ1v) is 7.43. The van der Waals surface area contributed by atoms with E-state index >= 15 is 0 Å². The van der Waals surface area contributed by atoms with Gasteiger partial charge < -0.3 is 14.9 Å². The lowest BCUT2D eigenvalue weighted by Gasteiger charge is -2.55. The third-order valence-corrected chi connectivity index (χ3v) is 6.22. The molecular formula is C15H24O4. The fourth-order valence-corrected chi connectivity index (χ4v) is 4.80. The molecule has 2 saturated carbocycles. The lowest BCUT2D eigenvalue weighted by molar-refractivity contribution is -0.186. The maximum atomic E-state index is 11.8. The van der Waals surface area contributed by atoms with E-state index in [1.807, 2.05) is 13.8 Å². The number of hydrogen-bond donors (Lipinski definition) is 2. The number of aliphatic hydroxyl groups is 2. The smallest absolute Gasteiger partial charge is 0.309 e. The van der Waals surface area contributed by atoms with Crippen molar-refractivity contribution in [3.8, 4) is 0 Å². The molecule has 0 aromatic rings. The maximum Gasteiger partial charge on any atom is 0.309 e. The van der Waals surface area contributed by atoms with E-state index in [4.69, 9.17) is 4.74 Å². The molecule has 4 heteroatoms. The largest absolute Gasteiger partial charge is 0.462 e. The number of fused-ring (bicyclic) bond motifs is 3. The molecule has 2 aliphatic carbocycles. The Hall–Kier alpha value is -0.610. The molecular weight excluding hydrogens is 244 g/mol. The Morgan fingerprint density at radius 2 is 2.00 bits per heavy atom. The van der Waals surface area contributed by atoms with Crippen LogP contribution in [0.5, 0.6) is 0 Å². The van der Waals surface area contributed by atoms with Crippen molar-refractivity contribution in [2.75, 3.05) is 0 Å². The van der Waals surface area contributed by atoms with Crippen molar-refractivity contribution in [2.24, 2.45) is 29.1 Å². The zero-order valence-corrected chi connectivity index (χ0v) is 11.9. The molecule has 0 amide bonds. The van der Waals surface area contributed by atoms with Crippen LogP contribution >= 0.6 is 0 Å². The van der Waals surface area contributed by atoms with Crippen LogP contribution in [-0.4, -0.2) is 34.5 Å². The lowest BCUT2D eigenvalue weighted by atomic mass is 9.51. The minimum Gasteiger partial charge on any atom is -0.462 e. The van der Waals surface area contributed by atoms with Crippen molar-refractivity contribution >= 4 is 5.97 Å². The topological polar surface area (TPSA) is 66.8 Å². The van der Waals surface area contributed by atoms with Gasteiger partial charge in [-0.1, -0.05) is 20.8 Å². The summed E-state index contributed by atoms with van der Waals surface area (Å²) in [4.78, 5) is 11.8. The quantitative estimate of drug-likeness (QED) is 0.651. The van der Waals surface area contributed by atoms with Crippen LogP contribution in [0.3, 0.4) is 0 Å². The SMILES string of the molecule is CC1C(=O)OC2C1CCC1(C)C(O)CC(O)C(C)C21. The van der Waals surface area contributed by atoms with Crippen LogP contribution in [0.2, 0.25) is 0 Å². The predicted octanol–water partition coefficient (Wildman–Crippen LogP) is 1.34. The highest BCUT2D eigenvalue weighted by atomic mass is 16.6. The molecule has 1 aliphatic heterocycles. The average Bonchev–Trinajstić information content (AvgIpc) is 2.63. The number of carbonyl (C=O) groups excluding carboxylic acids is 1. The van der Waals surface area contributed by atoms with Gasteiger partial charge in [-0.2, -0.15) is 0 Å². The predicted molar refractivity (Wildman–Crippen MR) is 69.2 cm³/mol. The Morgan fingerprint density at radius 3 is 2.68 bits per heavy atom. The molecule has 108 valence electrons. The van der Waals surface area contributed by atoms with E-state index in [-0.39, 0.29) is 41.2 Å². The van der Waals surface area contributed by atoms with E-state index < -0.39 is 12.2 Å². The van der Waals surface area contributed by atoms with E-state index in [0.29, 0.717) is 6.42 Å². The van der Waals surface area contributed by atoms with Gasteiger partial charge in [-0.15, -0.1) is 0 Å². The van der Waals surface area contributed by atoms with Gasteiger partial charge in [0.15, 0.2) is 0 Å². The molecule has 4 nitrogen and oxygen atoms in total. The second-order valence-electron chi connectivity index (χ2n) is 7.10. The monoisotopic (exact) mass is 268 g/mol. The summed E-state index contributed by atoms with van der Waals surface area (Å²) in [6.07, 6.45) is 1.17. The summed E-state index contributed by atoms with van der Waals surface area (Å²) < 4.78 is 5.62. The van der Waals surface area contributed by atoms with Crippen molar-refractivity contribution in [1.82, 2.24) is 0 Å². The van der Waals surface area contributed by atoms with E-state index in [1.165, 1.54) is 0 Å². The minimum absolute atomic E-state index is 0.0436. The van der Waals surface area contributed by atoms with Gasteiger partial charge in [-0.25, -0.2) is 0 Å². The number of ether oxygens (including phenoxy) is 1. The van der Waals surface area contributed by atoms with E-state index in [9.17, 15) is 15.0 Å². The molecule has 3 fully saturated rings. The number of esters is 1. The van der Waals surface area contributed by atoms with Gasteiger partial charge in [0.25, 0.3) is 0 Å². The molecule has 1 saturated heterocycles. The number of rotatable bonds is 0. The van der Waals surface area contributed by atoms with Gasteiger partial charge in [-0.3, -0.25) is 4.79 Å². The molecule has 0 aromatic carbocycles. The first-order chi connectivity index (χ1) is 8.86. The van der Waals surface area contributed by atoms with Crippen LogP contribution in [0, 0.1) is 29.1 Å². The fraction of sp³-hybridized carbons (Fsp3) is 0.933. The van der Waals surface area contributed by atoms with Crippen LogP contribution in [0.1, 0.15) is 40.0 Å². The van der Waals surface area contributed by atoms with Crippen LogP contribution in [0.25, 0.3) is 0 Å². The second kappa shape index (κ2) is 4.19. The molecule has 0 bridgehead atoms. The highest BCUT2D eigenvalue weighted by molar-refractivity contribution is 5.75. The van der Waals surface area contributed by atoms with Crippen LogP contribution in [-0.2, 0) is 9.53 Å². The Kier molecular flexibility index (Phi) is 2.95. The standard InChI is InChI=1S/C15H24O4/c1-7-9-4-5-15(3)11(17)6-10(16)8(2)12(15)13(9)19-14(7)18/h7-13,16-17H,4-6H2,1-3H3. The molecule has 0 radical (unpaired) electrons. The first kappa shape index (κ1) is 13.4. The van der Waals surface area contributed by atoms with Crippen molar-refractivity contribution in [3.05, 3.63) is 0 Å². The molecule has 8 unspecified atom stereocenters. The van der Waals surface area contributed by atoms with E-state index in [1.54, 1.807) is 0 Å². The van der Waals surface area contributed by atoms with Crippen molar-refractivity contribution in [1.29, 1.82) is 0 Å². The number of aliphatic hydroxyl groups excluding tert-OH is 2. The molecule has 8 atom stereocenters. The second-order valence-corrected chi connectivity index (χ2v) is 7.10. The lowest BCUT2D eigenvalue weighted by Crippen LogP contribution is -2.59. The minimum atomic E-state index is -0.501. The zero-order chi connectivity index (χ0) is 13.9. The summed E-state index contributed by atoms with van der Waals surface area (Å²) in [5.74, 6) is 0.239. The molecule has 3 aliphatic rings. The summed E-state index contributed by atoms with van der Waals surface area (Å²) in [6, 6.07) is 0. The van der Waals surface area contributed by atoms with E-state index in [2.05, 4.69) is 6.92 Å². The Labute approximate surface area is 114 Å². The van der Waals surface area contributed by atoms with Gasteiger partial charge in [0, 0.05) is 23.7 Å². The highest BCUT2D eigenvalue weighted by Gasteiger charge is 2.61. The Bertz CT molecular complexity index is 396. The maximum absolute atomic E-state index is 11.8. The van der Waals surface area contributed by atoms with Crippen LogP contribution < -0.4 is 0 Å². The van der Waals surface area contributed by atoms with Gasteiger partial charge in [-0.05, 0) is 18.8 Å². The Morgan fingerprint density at radius 1 is 1.32 bits per heavy atom. The third kappa shape index (κ3) is 1.69. The summed E-state index contributed by atoms with van der Waals surface area (Å²) in [6.45, 7) is 6.06. The molecule has 0 aromatic heterocycles. The van der Waals surface area contributed by atoms with Crippen molar-refractivity contribution in [3.63, 3.8) is 0 Å². The number of hydrogen-bond acceptors (Lipinski definition) is 4. The van der Waals surface area contributed by atoms with Crippen LogP contribution in [0.4, 0.5) is 0 Å². The van der Waals surface area contributed by atoms with Gasteiger partial charge in [0.2, 0.25) is 0 Å². The Balaban J connectivity index is 1.97. The molecule has 2 N–H and O–H groups in total. The number of carbonyl (C=O) groups is 1. The molecule has 0 spiro atoms. The van der Waals surface area contributed by atoms with Gasteiger partial charge in [0.05, 0.1) is 18.1 Å². The zero-order valence-electron chi connectivity index (χ0n) is 11.9. The van der Waals surface area contributed by atoms with Gasteiger partial charge >= 0.3 is 5.97 Å². The van der Waals surface area contributed by atoms with E-state index in [0.717, 1.165) is 12.8 Å². The first-order valence-electron chi connectivity index (χ1n) is 7.43. The normalized spacial score (nSPS) is 57.3. The summed E-state index contributed by atoms with van der Waals surface area (Å²) in [5, 5.41) is 20.6. The summed E-state index contributed by atoms with van der Waals surface area (Å²) in [5.41, 5.74) is -0.232. The summed E-state index contributed by atoms with van der Waals surface area (Å²) >= 11 is 0. The molecule has 3 rings (SSSR count). The molecule has 19 heavy (non-hydrogen) atoms. The van der Waals surface area contributed by atoms with Crippen molar-refractivity contribution < 1.29 is 19.7 Å².